The van der Waals surface area contributed by atoms with Crippen molar-refractivity contribution in [1.29, 1.82) is 0 Å². The van der Waals surface area contributed by atoms with Gasteiger partial charge in [-0.25, -0.2) is 0 Å². The fourth-order valence-electron chi connectivity index (χ4n) is 3.73. The SMILES string of the molecule is CCOC(=O)C1CCN(CC(=O)N[C@@H](c2ccc(C(C)C)cc2)C(C)C)CC1. The molecule has 1 atom stereocenters. The number of ether oxygens (including phenoxy) is 1. The Morgan fingerprint density at radius 1 is 1.07 bits per heavy atom. The molecule has 1 aliphatic rings. The lowest BCUT2D eigenvalue weighted by Crippen LogP contribution is -2.44. The van der Waals surface area contributed by atoms with Crippen LogP contribution in [0.2, 0.25) is 0 Å². The zero-order valence-electron chi connectivity index (χ0n) is 18.0. The van der Waals surface area contributed by atoms with E-state index in [9.17, 15) is 9.59 Å². The van der Waals surface area contributed by atoms with E-state index in [1.807, 2.05) is 6.92 Å². The lowest BCUT2D eigenvalue weighted by Gasteiger charge is -2.31. The molecule has 1 amide bonds. The Morgan fingerprint density at radius 2 is 1.64 bits per heavy atom. The minimum Gasteiger partial charge on any atom is -0.466 e. The molecule has 1 heterocycles. The summed E-state index contributed by atoms with van der Waals surface area (Å²) >= 11 is 0. The van der Waals surface area contributed by atoms with Crippen molar-refractivity contribution in [3.8, 4) is 0 Å². The highest BCUT2D eigenvalue weighted by Crippen LogP contribution is 2.24. The number of piperidine rings is 1. The maximum atomic E-state index is 12.6. The smallest absolute Gasteiger partial charge is 0.309 e. The fraction of sp³-hybridized carbons (Fsp3) is 0.652. The lowest BCUT2D eigenvalue weighted by molar-refractivity contribution is -0.149. The molecule has 0 unspecified atom stereocenters. The van der Waals surface area contributed by atoms with Gasteiger partial charge in [0.2, 0.25) is 5.91 Å². The average Bonchev–Trinajstić information content (AvgIpc) is 2.66. The van der Waals surface area contributed by atoms with Crippen LogP contribution in [0.5, 0.6) is 0 Å². The molecular formula is C23H36N2O3. The largest absolute Gasteiger partial charge is 0.466 e. The summed E-state index contributed by atoms with van der Waals surface area (Å²) in [6.45, 7) is 12.8. The van der Waals surface area contributed by atoms with E-state index < -0.39 is 0 Å². The number of rotatable bonds is 8. The summed E-state index contributed by atoms with van der Waals surface area (Å²) in [6, 6.07) is 8.57. The summed E-state index contributed by atoms with van der Waals surface area (Å²) < 4.78 is 5.11. The molecule has 0 saturated carbocycles. The molecule has 1 aliphatic heterocycles. The maximum absolute atomic E-state index is 12.6. The summed E-state index contributed by atoms with van der Waals surface area (Å²) in [6.07, 6.45) is 1.52. The highest BCUT2D eigenvalue weighted by atomic mass is 16.5. The van der Waals surface area contributed by atoms with Crippen LogP contribution in [-0.4, -0.2) is 43.0 Å². The van der Waals surface area contributed by atoms with Crippen molar-refractivity contribution in [3.63, 3.8) is 0 Å². The van der Waals surface area contributed by atoms with Gasteiger partial charge >= 0.3 is 5.97 Å². The van der Waals surface area contributed by atoms with E-state index in [4.69, 9.17) is 4.74 Å². The Balaban J connectivity index is 1.88. The first-order valence-electron chi connectivity index (χ1n) is 10.6. The minimum absolute atomic E-state index is 0.00535. The van der Waals surface area contributed by atoms with E-state index in [0.717, 1.165) is 31.5 Å². The van der Waals surface area contributed by atoms with Gasteiger partial charge in [0.05, 0.1) is 25.1 Å². The monoisotopic (exact) mass is 388 g/mol. The Morgan fingerprint density at radius 3 is 2.14 bits per heavy atom. The van der Waals surface area contributed by atoms with Gasteiger partial charge in [0.25, 0.3) is 0 Å². The lowest BCUT2D eigenvalue weighted by atomic mass is 9.93. The number of carbonyl (C=O) groups excluding carboxylic acids is 2. The zero-order valence-corrected chi connectivity index (χ0v) is 18.0. The van der Waals surface area contributed by atoms with Gasteiger partial charge in [0, 0.05) is 0 Å². The second kappa shape index (κ2) is 10.6. The van der Waals surface area contributed by atoms with Crippen molar-refractivity contribution in [2.75, 3.05) is 26.2 Å². The van der Waals surface area contributed by atoms with Crippen LogP contribution in [0, 0.1) is 11.8 Å². The van der Waals surface area contributed by atoms with Crippen molar-refractivity contribution in [2.24, 2.45) is 11.8 Å². The normalized spacial score (nSPS) is 17.0. The fourth-order valence-corrected chi connectivity index (χ4v) is 3.73. The van der Waals surface area contributed by atoms with Crippen molar-refractivity contribution < 1.29 is 14.3 Å². The highest BCUT2D eigenvalue weighted by molar-refractivity contribution is 5.78. The topological polar surface area (TPSA) is 58.6 Å². The van der Waals surface area contributed by atoms with E-state index in [1.165, 1.54) is 5.56 Å². The summed E-state index contributed by atoms with van der Waals surface area (Å²) in [5.74, 6) is 0.724. The van der Waals surface area contributed by atoms with E-state index in [0.29, 0.717) is 25.0 Å². The maximum Gasteiger partial charge on any atom is 0.309 e. The zero-order chi connectivity index (χ0) is 20.7. The van der Waals surface area contributed by atoms with Crippen LogP contribution in [0.3, 0.4) is 0 Å². The molecule has 1 fully saturated rings. The third kappa shape index (κ3) is 6.33. The number of hydrogen-bond acceptors (Lipinski definition) is 4. The summed E-state index contributed by atoms with van der Waals surface area (Å²) in [5, 5.41) is 3.21. The molecule has 5 heteroatoms. The van der Waals surface area contributed by atoms with Crippen molar-refractivity contribution in [2.45, 2.75) is 59.4 Å². The molecule has 2 rings (SSSR count). The molecule has 0 radical (unpaired) electrons. The molecule has 28 heavy (non-hydrogen) atoms. The Kier molecular flexibility index (Phi) is 8.49. The number of carbonyl (C=O) groups is 2. The van der Waals surface area contributed by atoms with E-state index in [1.54, 1.807) is 0 Å². The Bertz CT molecular complexity index is 632. The van der Waals surface area contributed by atoms with Crippen LogP contribution < -0.4 is 5.32 Å². The van der Waals surface area contributed by atoms with Crippen LogP contribution in [0.1, 0.15) is 70.5 Å². The first-order valence-corrected chi connectivity index (χ1v) is 10.6. The van der Waals surface area contributed by atoms with Crippen LogP contribution >= 0.6 is 0 Å². The number of amides is 1. The predicted molar refractivity (Wildman–Crippen MR) is 112 cm³/mol. The molecule has 1 N–H and O–H groups in total. The standard InChI is InChI=1S/C23H36N2O3/c1-6-28-23(27)20-11-13-25(14-12-20)15-21(26)24-22(17(4)5)19-9-7-18(8-10-19)16(2)3/h7-10,16-17,20,22H,6,11-15H2,1-5H3,(H,24,26)/t22-/m1/s1. The summed E-state index contributed by atoms with van der Waals surface area (Å²) in [5.41, 5.74) is 2.45. The predicted octanol–water partition coefficient (Wildman–Crippen LogP) is 3.90. The number of nitrogens with one attached hydrogen (secondary N) is 1. The number of benzene rings is 1. The van der Waals surface area contributed by atoms with Gasteiger partial charge in [0.15, 0.2) is 0 Å². The summed E-state index contributed by atoms with van der Waals surface area (Å²) in [4.78, 5) is 26.6. The van der Waals surface area contributed by atoms with Crippen LogP contribution in [0.25, 0.3) is 0 Å². The van der Waals surface area contributed by atoms with Gasteiger partial charge in [0.1, 0.15) is 0 Å². The van der Waals surface area contributed by atoms with Gasteiger partial charge in [-0.3, -0.25) is 14.5 Å². The van der Waals surface area contributed by atoms with Crippen molar-refractivity contribution in [1.82, 2.24) is 10.2 Å². The molecular weight excluding hydrogens is 352 g/mol. The van der Waals surface area contributed by atoms with Crippen LogP contribution in [-0.2, 0) is 14.3 Å². The third-order valence-corrected chi connectivity index (χ3v) is 5.52. The van der Waals surface area contributed by atoms with Gasteiger partial charge in [-0.15, -0.1) is 0 Å². The molecule has 0 spiro atoms. The molecule has 0 aromatic heterocycles. The quantitative estimate of drug-likeness (QED) is 0.686. The van der Waals surface area contributed by atoms with E-state index in [2.05, 4.69) is 62.2 Å². The molecule has 1 saturated heterocycles. The van der Waals surface area contributed by atoms with Gasteiger partial charge in [-0.2, -0.15) is 0 Å². The Hall–Kier alpha value is -1.88. The number of likely N-dealkylation sites (tertiary alicyclic amines) is 1. The van der Waals surface area contributed by atoms with E-state index in [-0.39, 0.29) is 23.8 Å². The van der Waals surface area contributed by atoms with Crippen LogP contribution in [0.15, 0.2) is 24.3 Å². The second-order valence-electron chi connectivity index (χ2n) is 8.41. The average molecular weight is 389 g/mol. The molecule has 0 bridgehead atoms. The van der Waals surface area contributed by atoms with Gasteiger partial charge in [-0.05, 0) is 55.8 Å². The first-order chi connectivity index (χ1) is 13.3. The molecule has 0 aliphatic carbocycles. The minimum atomic E-state index is -0.101. The Labute approximate surface area is 169 Å². The molecule has 5 nitrogen and oxygen atoms in total. The summed E-state index contributed by atoms with van der Waals surface area (Å²) in [7, 11) is 0. The van der Waals surface area contributed by atoms with Crippen molar-refractivity contribution >= 4 is 11.9 Å². The second-order valence-corrected chi connectivity index (χ2v) is 8.41. The molecule has 1 aromatic rings. The number of hydrogen-bond donors (Lipinski definition) is 1. The number of esters is 1. The van der Waals surface area contributed by atoms with E-state index >= 15 is 0 Å². The first kappa shape index (κ1) is 22.4. The van der Waals surface area contributed by atoms with Gasteiger partial charge in [-0.1, -0.05) is 52.0 Å². The third-order valence-electron chi connectivity index (χ3n) is 5.52. The number of nitrogens with zero attached hydrogens (tertiary/aromatic N) is 1. The molecule has 156 valence electrons. The highest BCUT2D eigenvalue weighted by Gasteiger charge is 2.27. The van der Waals surface area contributed by atoms with Crippen LogP contribution in [0.4, 0.5) is 0 Å². The van der Waals surface area contributed by atoms with Gasteiger partial charge < -0.3 is 10.1 Å². The van der Waals surface area contributed by atoms with Crippen molar-refractivity contribution in [3.05, 3.63) is 35.4 Å². The molecule has 1 aromatic carbocycles.